The predicted molar refractivity (Wildman–Crippen MR) is 64.3 cm³/mol. The minimum Gasteiger partial charge on any atom is -0.476 e. The molecule has 1 aromatic rings. The number of hydrogen-bond donors (Lipinski definition) is 1. The average Bonchev–Trinajstić information content (AvgIpc) is 2.63. The molecule has 1 saturated heterocycles. The molecule has 1 aliphatic rings. The molecule has 1 aromatic heterocycles. The Morgan fingerprint density at radius 1 is 1.56 bits per heavy atom. The van der Waals surface area contributed by atoms with Crippen LogP contribution in [-0.2, 0) is 0 Å². The van der Waals surface area contributed by atoms with Crippen LogP contribution in [0.5, 0.6) is 0 Å². The molecule has 1 fully saturated rings. The molecule has 1 unspecified atom stereocenters. The summed E-state index contributed by atoms with van der Waals surface area (Å²) in [5.41, 5.74) is 0.163. The molecule has 16 heavy (non-hydrogen) atoms. The number of carboxylic acids is 1. The summed E-state index contributed by atoms with van der Waals surface area (Å²) in [6.45, 7) is 3.18. The Balaban J connectivity index is 2.17. The zero-order valence-corrected chi connectivity index (χ0v) is 10.2. The first-order valence-corrected chi connectivity index (χ1v) is 6.52. The second-order valence-corrected chi connectivity index (χ2v) is 5.05. The normalized spacial score (nSPS) is 21.8. The van der Waals surface area contributed by atoms with E-state index in [4.69, 9.17) is 5.11 Å². The van der Waals surface area contributed by atoms with E-state index in [-0.39, 0.29) is 5.69 Å². The molecule has 1 aliphatic heterocycles. The fourth-order valence-electron chi connectivity index (χ4n) is 2.05. The van der Waals surface area contributed by atoms with Gasteiger partial charge in [0.15, 0.2) is 10.8 Å². The molecule has 2 heterocycles. The van der Waals surface area contributed by atoms with Gasteiger partial charge in [-0.15, -0.1) is 11.3 Å². The van der Waals surface area contributed by atoms with Crippen molar-refractivity contribution in [1.82, 2.24) is 4.98 Å². The van der Waals surface area contributed by atoms with Gasteiger partial charge in [-0.25, -0.2) is 9.78 Å². The van der Waals surface area contributed by atoms with Crippen LogP contribution in [0.15, 0.2) is 5.38 Å². The van der Waals surface area contributed by atoms with E-state index in [0.29, 0.717) is 6.04 Å². The standard InChI is InChI=1S/C11H16N2O2S/c1-8-5-3-2-4-6-13(8)11-12-9(7-16-11)10(14)15/h7-8H,2-6H2,1H3,(H,14,15). The van der Waals surface area contributed by atoms with Crippen molar-refractivity contribution in [3.05, 3.63) is 11.1 Å². The highest BCUT2D eigenvalue weighted by atomic mass is 32.1. The molecule has 0 aliphatic carbocycles. The van der Waals surface area contributed by atoms with Crippen molar-refractivity contribution in [3.8, 4) is 0 Å². The molecule has 0 spiro atoms. The van der Waals surface area contributed by atoms with E-state index in [1.165, 1.54) is 37.0 Å². The Morgan fingerprint density at radius 3 is 3.06 bits per heavy atom. The molecule has 4 nitrogen and oxygen atoms in total. The smallest absolute Gasteiger partial charge is 0.355 e. The van der Waals surface area contributed by atoms with E-state index in [1.807, 2.05) is 0 Å². The number of thiazole rings is 1. The third-order valence-electron chi connectivity index (χ3n) is 3.01. The monoisotopic (exact) mass is 240 g/mol. The number of carboxylic acid groups (broad SMARTS) is 1. The summed E-state index contributed by atoms with van der Waals surface area (Å²) in [5, 5.41) is 11.3. The first kappa shape index (κ1) is 11.4. The Hall–Kier alpha value is -1.10. The Labute approximate surface area is 98.9 Å². The Kier molecular flexibility index (Phi) is 3.43. The van der Waals surface area contributed by atoms with E-state index in [0.717, 1.165) is 11.7 Å². The van der Waals surface area contributed by atoms with Crippen LogP contribution in [0.4, 0.5) is 5.13 Å². The van der Waals surface area contributed by atoms with Crippen LogP contribution < -0.4 is 4.90 Å². The summed E-state index contributed by atoms with van der Waals surface area (Å²) >= 11 is 1.43. The topological polar surface area (TPSA) is 53.4 Å². The summed E-state index contributed by atoms with van der Waals surface area (Å²) < 4.78 is 0. The summed E-state index contributed by atoms with van der Waals surface area (Å²) in [4.78, 5) is 17.2. The van der Waals surface area contributed by atoms with Gasteiger partial charge in [-0.1, -0.05) is 12.8 Å². The predicted octanol–water partition coefficient (Wildman–Crippen LogP) is 2.61. The van der Waals surface area contributed by atoms with E-state index >= 15 is 0 Å². The van der Waals surface area contributed by atoms with Gasteiger partial charge >= 0.3 is 5.97 Å². The fraction of sp³-hybridized carbons (Fsp3) is 0.636. The largest absolute Gasteiger partial charge is 0.476 e. The number of rotatable bonds is 2. The van der Waals surface area contributed by atoms with Crippen molar-refractivity contribution >= 4 is 22.4 Å². The van der Waals surface area contributed by atoms with Crippen molar-refractivity contribution in [2.75, 3.05) is 11.4 Å². The van der Waals surface area contributed by atoms with Crippen LogP contribution in [0.25, 0.3) is 0 Å². The number of anilines is 1. The lowest BCUT2D eigenvalue weighted by atomic mass is 10.1. The second-order valence-electron chi connectivity index (χ2n) is 4.21. The van der Waals surface area contributed by atoms with Crippen LogP contribution in [0, 0.1) is 0 Å². The highest BCUT2D eigenvalue weighted by Crippen LogP contribution is 2.27. The molecular formula is C11H16N2O2S. The van der Waals surface area contributed by atoms with E-state index in [9.17, 15) is 4.79 Å². The van der Waals surface area contributed by atoms with Crippen molar-refractivity contribution < 1.29 is 9.90 Å². The molecule has 88 valence electrons. The minimum atomic E-state index is -0.940. The highest BCUT2D eigenvalue weighted by Gasteiger charge is 2.20. The Morgan fingerprint density at radius 2 is 2.38 bits per heavy atom. The molecule has 0 radical (unpaired) electrons. The van der Waals surface area contributed by atoms with Gasteiger partial charge in [-0.05, 0) is 19.8 Å². The fourth-order valence-corrected chi connectivity index (χ4v) is 2.98. The molecule has 5 heteroatoms. The molecule has 0 bridgehead atoms. The number of hydrogen-bond acceptors (Lipinski definition) is 4. The van der Waals surface area contributed by atoms with Crippen molar-refractivity contribution in [2.45, 2.75) is 38.6 Å². The van der Waals surface area contributed by atoms with Crippen LogP contribution in [0.2, 0.25) is 0 Å². The van der Waals surface area contributed by atoms with Gasteiger partial charge < -0.3 is 10.0 Å². The summed E-state index contributed by atoms with van der Waals surface area (Å²) in [6, 6.07) is 0.468. The zero-order chi connectivity index (χ0) is 11.5. The van der Waals surface area contributed by atoms with Gasteiger partial charge in [0.25, 0.3) is 0 Å². The van der Waals surface area contributed by atoms with Gasteiger partial charge in [-0.2, -0.15) is 0 Å². The third kappa shape index (κ3) is 2.35. The molecule has 1 atom stereocenters. The van der Waals surface area contributed by atoms with Gasteiger partial charge in [0.1, 0.15) is 0 Å². The maximum absolute atomic E-state index is 10.8. The van der Waals surface area contributed by atoms with Gasteiger partial charge in [-0.3, -0.25) is 0 Å². The van der Waals surface area contributed by atoms with Crippen LogP contribution in [-0.4, -0.2) is 28.6 Å². The lowest BCUT2D eigenvalue weighted by Crippen LogP contribution is -2.32. The van der Waals surface area contributed by atoms with Crippen molar-refractivity contribution in [1.29, 1.82) is 0 Å². The summed E-state index contributed by atoms with van der Waals surface area (Å²) in [7, 11) is 0. The van der Waals surface area contributed by atoms with Crippen LogP contribution in [0.1, 0.15) is 43.1 Å². The molecule has 1 N–H and O–H groups in total. The maximum Gasteiger partial charge on any atom is 0.355 e. The number of aromatic carboxylic acids is 1. The highest BCUT2D eigenvalue weighted by molar-refractivity contribution is 7.13. The van der Waals surface area contributed by atoms with Gasteiger partial charge in [0.05, 0.1) is 0 Å². The maximum atomic E-state index is 10.8. The number of carbonyl (C=O) groups is 1. The first-order chi connectivity index (χ1) is 7.68. The molecular weight excluding hydrogens is 224 g/mol. The lowest BCUT2D eigenvalue weighted by Gasteiger charge is -2.26. The van der Waals surface area contributed by atoms with Crippen molar-refractivity contribution in [2.24, 2.45) is 0 Å². The molecule has 2 rings (SSSR count). The quantitative estimate of drug-likeness (QED) is 0.863. The average molecular weight is 240 g/mol. The third-order valence-corrected chi connectivity index (χ3v) is 3.89. The number of aromatic nitrogens is 1. The van der Waals surface area contributed by atoms with E-state index in [2.05, 4.69) is 16.8 Å². The molecule has 0 aromatic carbocycles. The first-order valence-electron chi connectivity index (χ1n) is 5.64. The number of nitrogens with zero attached hydrogens (tertiary/aromatic N) is 2. The van der Waals surface area contributed by atoms with Crippen LogP contribution >= 0.6 is 11.3 Å². The summed E-state index contributed by atoms with van der Waals surface area (Å²) in [6.07, 6.45) is 4.86. The molecule has 0 saturated carbocycles. The molecule has 0 amide bonds. The lowest BCUT2D eigenvalue weighted by molar-refractivity contribution is 0.0691. The summed E-state index contributed by atoms with van der Waals surface area (Å²) in [5.74, 6) is -0.940. The minimum absolute atomic E-state index is 0.163. The van der Waals surface area contributed by atoms with E-state index in [1.54, 1.807) is 5.38 Å². The second kappa shape index (κ2) is 4.82. The van der Waals surface area contributed by atoms with Gasteiger partial charge in [0.2, 0.25) is 0 Å². The Bertz CT molecular complexity index is 378. The van der Waals surface area contributed by atoms with Crippen molar-refractivity contribution in [3.63, 3.8) is 0 Å². The van der Waals surface area contributed by atoms with Gasteiger partial charge in [0, 0.05) is 18.0 Å². The van der Waals surface area contributed by atoms with E-state index < -0.39 is 5.97 Å². The SMILES string of the molecule is CC1CCCCCN1c1nc(C(=O)O)cs1. The van der Waals surface area contributed by atoms with Crippen LogP contribution in [0.3, 0.4) is 0 Å². The zero-order valence-electron chi connectivity index (χ0n) is 9.35.